The lowest BCUT2D eigenvalue weighted by Crippen LogP contribution is -2.20. The summed E-state index contributed by atoms with van der Waals surface area (Å²) in [6.45, 7) is 1.18. The monoisotopic (exact) mass is 280 g/mol. The standard InChI is InChI=1S/C18H20N2O/c19-13-12-16-6-8-17(9-7-16)14-20-18(21)11-10-15-4-2-1-3-5-15/h1-11H,12-14,19H2,(H,20,21). The quantitative estimate of drug-likeness (QED) is 0.799. The van der Waals surface area contributed by atoms with Gasteiger partial charge in [0.05, 0.1) is 0 Å². The zero-order valence-electron chi connectivity index (χ0n) is 12.0. The van der Waals surface area contributed by atoms with Crippen LogP contribution in [-0.2, 0) is 17.8 Å². The second-order valence-electron chi connectivity index (χ2n) is 4.82. The molecule has 0 heterocycles. The smallest absolute Gasteiger partial charge is 0.244 e. The fourth-order valence-electron chi connectivity index (χ4n) is 1.97. The van der Waals surface area contributed by atoms with E-state index in [4.69, 9.17) is 5.73 Å². The first-order chi connectivity index (χ1) is 10.3. The zero-order valence-corrected chi connectivity index (χ0v) is 12.0. The van der Waals surface area contributed by atoms with Crippen LogP contribution in [0.4, 0.5) is 0 Å². The molecule has 108 valence electrons. The van der Waals surface area contributed by atoms with Gasteiger partial charge in [0.15, 0.2) is 0 Å². The molecule has 3 heteroatoms. The maximum absolute atomic E-state index is 11.7. The third kappa shape index (κ3) is 5.24. The van der Waals surface area contributed by atoms with Crippen molar-refractivity contribution in [3.8, 4) is 0 Å². The molecule has 0 atom stereocenters. The van der Waals surface area contributed by atoms with Crippen LogP contribution in [0.3, 0.4) is 0 Å². The van der Waals surface area contributed by atoms with Gasteiger partial charge in [-0.05, 0) is 35.7 Å². The first kappa shape index (κ1) is 15.0. The molecule has 3 nitrogen and oxygen atoms in total. The van der Waals surface area contributed by atoms with Gasteiger partial charge in [-0.15, -0.1) is 0 Å². The Kier molecular flexibility index (Phi) is 5.73. The van der Waals surface area contributed by atoms with E-state index < -0.39 is 0 Å². The molecule has 3 N–H and O–H groups in total. The maximum Gasteiger partial charge on any atom is 0.244 e. The van der Waals surface area contributed by atoms with Crippen molar-refractivity contribution in [2.75, 3.05) is 6.54 Å². The Balaban J connectivity index is 1.82. The second kappa shape index (κ2) is 8.02. The van der Waals surface area contributed by atoms with Crippen molar-refractivity contribution in [1.29, 1.82) is 0 Å². The minimum atomic E-state index is -0.0927. The molecule has 0 unspecified atom stereocenters. The maximum atomic E-state index is 11.7. The van der Waals surface area contributed by atoms with Gasteiger partial charge < -0.3 is 11.1 Å². The average molecular weight is 280 g/mol. The Bertz CT molecular complexity index is 588. The number of rotatable bonds is 6. The predicted molar refractivity (Wildman–Crippen MR) is 86.5 cm³/mol. The van der Waals surface area contributed by atoms with E-state index >= 15 is 0 Å². The third-order valence-corrected chi connectivity index (χ3v) is 3.15. The predicted octanol–water partition coefficient (Wildman–Crippen LogP) is 2.52. The number of nitrogens with one attached hydrogen (secondary N) is 1. The molecule has 0 fully saturated rings. The Morgan fingerprint density at radius 1 is 1.00 bits per heavy atom. The first-order valence-corrected chi connectivity index (χ1v) is 7.07. The summed E-state index contributed by atoms with van der Waals surface area (Å²) in [5.74, 6) is -0.0927. The number of carbonyl (C=O) groups excluding carboxylic acids is 1. The van der Waals surface area contributed by atoms with E-state index in [0.717, 1.165) is 17.5 Å². The van der Waals surface area contributed by atoms with Gasteiger partial charge in [0.1, 0.15) is 0 Å². The number of amides is 1. The molecule has 0 spiro atoms. The van der Waals surface area contributed by atoms with E-state index in [1.54, 1.807) is 12.2 Å². The van der Waals surface area contributed by atoms with Crippen LogP contribution in [-0.4, -0.2) is 12.5 Å². The van der Waals surface area contributed by atoms with Crippen LogP contribution in [0.5, 0.6) is 0 Å². The third-order valence-electron chi connectivity index (χ3n) is 3.15. The second-order valence-corrected chi connectivity index (χ2v) is 4.82. The highest BCUT2D eigenvalue weighted by molar-refractivity contribution is 5.91. The van der Waals surface area contributed by atoms with Crippen molar-refractivity contribution >= 4 is 12.0 Å². The number of hydrogen-bond donors (Lipinski definition) is 2. The number of carbonyl (C=O) groups is 1. The molecule has 2 rings (SSSR count). The fourth-order valence-corrected chi connectivity index (χ4v) is 1.97. The van der Waals surface area contributed by atoms with Crippen molar-refractivity contribution < 1.29 is 4.79 Å². The van der Waals surface area contributed by atoms with Crippen LogP contribution in [0.1, 0.15) is 16.7 Å². The number of benzene rings is 2. The Labute approximate surface area is 125 Å². The van der Waals surface area contributed by atoms with E-state index in [-0.39, 0.29) is 5.91 Å². The van der Waals surface area contributed by atoms with Crippen molar-refractivity contribution in [3.05, 3.63) is 77.4 Å². The first-order valence-electron chi connectivity index (χ1n) is 7.07. The molecule has 0 bridgehead atoms. The lowest BCUT2D eigenvalue weighted by Gasteiger charge is -2.04. The van der Waals surface area contributed by atoms with Crippen LogP contribution >= 0.6 is 0 Å². The minimum Gasteiger partial charge on any atom is -0.348 e. The van der Waals surface area contributed by atoms with Crippen LogP contribution in [0.15, 0.2) is 60.7 Å². The van der Waals surface area contributed by atoms with Gasteiger partial charge in [0.2, 0.25) is 5.91 Å². The topological polar surface area (TPSA) is 55.1 Å². The summed E-state index contributed by atoms with van der Waals surface area (Å²) in [5.41, 5.74) is 8.83. The fraction of sp³-hybridized carbons (Fsp3) is 0.167. The summed E-state index contributed by atoms with van der Waals surface area (Å²) in [4.78, 5) is 11.7. The van der Waals surface area contributed by atoms with Crippen molar-refractivity contribution in [1.82, 2.24) is 5.32 Å². The summed E-state index contributed by atoms with van der Waals surface area (Å²) in [6.07, 6.45) is 4.24. The number of nitrogens with two attached hydrogens (primary N) is 1. The SMILES string of the molecule is NCCc1ccc(CNC(=O)C=Cc2ccccc2)cc1. The van der Waals surface area contributed by atoms with Gasteiger partial charge in [-0.3, -0.25) is 4.79 Å². The molecule has 0 aliphatic heterocycles. The van der Waals surface area contributed by atoms with E-state index in [1.165, 1.54) is 5.56 Å². The Morgan fingerprint density at radius 3 is 2.33 bits per heavy atom. The van der Waals surface area contributed by atoms with Crippen molar-refractivity contribution in [3.63, 3.8) is 0 Å². The van der Waals surface area contributed by atoms with Crippen LogP contribution in [0.25, 0.3) is 6.08 Å². The molecule has 0 saturated carbocycles. The highest BCUT2D eigenvalue weighted by atomic mass is 16.1. The van der Waals surface area contributed by atoms with Gasteiger partial charge in [-0.25, -0.2) is 0 Å². The van der Waals surface area contributed by atoms with E-state index in [9.17, 15) is 4.79 Å². The highest BCUT2D eigenvalue weighted by Gasteiger charge is 1.97. The van der Waals surface area contributed by atoms with E-state index in [1.807, 2.05) is 54.6 Å². The highest BCUT2D eigenvalue weighted by Crippen LogP contribution is 2.05. The molecule has 0 saturated heterocycles. The molecular weight excluding hydrogens is 260 g/mol. The van der Waals surface area contributed by atoms with Gasteiger partial charge in [0.25, 0.3) is 0 Å². The minimum absolute atomic E-state index is 0.0927. The van der Waals surface area contributed by atoms with Crippen molar-refractivity contribution in [2.45, 2.75) is 13.0 Å². The average Bonchev–Trinajstić information content (AvgIpc) is 2.53. The molecule has 2 aromatic carbocycles. The molecule has 21 heavy (non-hydrogen) atoms. The molecular formula is C18H20N2O. The summed E-state index contributed by atoms with van der Waals surface area (Å²) in [7, 11) is 0. The van der Waals surface area contributed by atoms with Crippen LogP contribution in [0, 0.1) is 0 Å². The summed E-state index contributed by atoms with van der Waals surface area (Å²) < 4.78 is 0. The Morgan fingerprint density at radius 2 is 1.67 bits per heavy atom. The molecule has 1 amide bonds. The normalized spacial score (nSPS) is 10.7. The zero-order chi connectivity index (χ0) is 14.9. The molecule has 0 aromatic heterocycles. The van der Waals surface area contributed by atoms with Crippen LogP contribution < -0.4 is 11.1 Å². The molecule has 0 aliphatic rings. The molecule has 2 aromatic rings. The Hall–Kier alpha value is -2.39. The van der Waals surface area contributed by atoms with Crippen molar-refractivity contribution in [2.24, 2.45) is 5.73 Å². The van der Waals surface area contributed by atoms with Gasteiger partial charge in [-0.1, -0.05) is 54.6 Å². The summed E-state index contributed by atoms with van der Waals surface area (Å²) in [5, 5.41) is 2.87. The van der Waals surface area contributed by atoms with Gasteiger partial charge >= 0.3 is 0 Å². The van der Waals surface area contributed by atoms with Gasteiger partial charge in [-0.2, -0.15) is 0 Å². The summed E-state index contributed by atoms with van der Waals surface area (Å²) >= 11 is 0. The summed E-state index contributed by atoms with van der Waals surface area (Å²) in [6, 6.07) is 17.9. The van der Waals surface area contributed by atoms with Gasteiger partial charge in [0, 0.05) is 12.6 Å². The lowest BCUT2D eigenvalue weighted by molar-refractivity contribution is -0.116. The molecule has 0 radical (unpaired) electrons. The van der Waals surface area contributed by atoms with Crippen LogP contribution in [0.2, 0.25) is 0 Å². The lowest BCUT2D eigenvalue weighted by atomic mass is 10.1. The molecule has 0 aliphatic carbocycles. The van der Waals surface area contributed by atoms with E-state index in [2.05, 4.69) is 5.32 Å². The largest absolute Gasteiger partial charge is 0.348 e. The van der Waals surface area contributed by atoms with E-state index in [0.29, 0.717) is 13.1 Å². The number of hydrogen-bond acceptors (Lipinski definition) is 2.